The molecule has 0 aliphatic carbocycles. The van der Waals surface area contributed by atoms with E-state index in [1.54, 1.807) is 6.92 Å². The van der Waals surface area contributed by atoms with Gasteiger partial charge < -0.3 is 14.7 Å². The molecule has 0 aromatic carbocycles. The van der Waals surface area contributed by atoms with Crippen LogP contribution in [0.25, 0.3) is 0 Å². The molecule has 0 bridgehead atoms. The summed E-state index contributed by atoms with van der Waals surface area (Å²) in [5.74, 6) is 0.788. The number of hydrogen-bond donors (Lipinski definition) is 1. The molecule has 0 saturated heterocycles. The molecule has 1 unspecified atom stereocenters. The molecule has 0 radical (unpaired) electrons. The summed E-state index contributed by atoms with van der Waals surface area (Å²) >= 11 is 0. The Kier molecular flexibility index (Phi) is 9.02. The lowest BCUT2D eigenvalue weighted by atomic mass is 10.1. The smallest absolute Gasteiger partial charge is 0.308 e. The first kappa shape index (κ1) is 17.4. The molecule has 108 valence electrons. The molecule has 0 heterocycles. The Labute approximate surface area is 111 Å². The zero-order chi connectivity index (χ0) is 14.1. The van der Waals surface area contributed by atoms with Gasteiger partial charge in [0.2, 0.25) is 0 Å². The van der Waals surface area contributed by atoms with E-state index in [0.29, 0.717) is 25.0 Å². The van der Waals surface area contributed by atoms with Crippen LogP contribution < -0.4 is 0 Å². The Morgan fingerprint density at radius 1 is 1.11 bits per heavy atom. The van der Waals surface area contributed by atoms with E-state index in [9.17, 15) is 9.90 Å². The minimum atomic E-state index is -0.637. The number of aliphatic hydroxyl groups is 1. The van der Waals surface area contributed by atoms with Crippen LogP contribution in [-0.4, -0.2) is 48.3 Å². The SMILES string of the molecule is CCOC(=O)CC(O)CN(CC(C)C)CC(C)C. The molecule has 1 N–H and O–H groups in total. The van der Waals surface area contributed by atoms with Crippen molar-refractivity contribution in [1.29, 1.82) is 0 Å². The van der Waals surface area contributed by atoms with Crippen molar-refractivity contribution >= 4 is 5.97 Å². The number of esters is 1. The lowest BCUT2D eigenvalue weighted by Crippen LogP contribution is -2.38. The van der Waals surface area contributed by atoms with Crippen LogP contribution in [0.15, 0.2) is 0 Å². The Hall–Kier alpha value is -0.610. The van der Waals surface area contributed by atoms with Crippen molar-refractivity contribution < 1.29 is 14.6 Å². The van der Waals surface area contributed by atoms with Crippen LogP contribution in [0, 0.1) is 11.8 Å². The van der Waals surface area contributed by atoms with Gasteiger partial charge >= 0.3 is 5.97 Å². The molecule has 0 spiro atoms. The molecule has 0 saturated carbocycles. The molecule has 0 aliphatic heterocycles. The van der Waals surface area contributed by atoms with E-state index < -0.39 is 6.10 Å². The number of carbonyl (C=O) groups is 1. The van der Waals surface area contributed by atoms with Crippen LogP contribution in [0.1, 0.15) is 41.0 Å². The lowest BCUT2D eigenvalue weighted by Gasteiger charge is -2.28. The summed E-state index contributed by atoms with van der Waals surface area (Å²) in [6.45, 7) is 13.2. The molecular formula is C14H29NO3. The standard InChI is InChI=1S/C14H29NO3/c1-6-18-14(17)7-13(16)10-15(8-11(2)3)9-12(4)5/h11-13,16H,6-10H2,1-5H3. The first-order valence-corrected chi connectivity index (χ1v) is 6.91. The van der Waals surface area contributed by atoms with Gasteiger partial charge in [-0.25, -0.2) is 0 Å². The van der Waals surface area contributed by atoms with Gasteiger partial charge in [0.1, 0.15) is 0 Å². The van der Waals surface area contributed by atoms with Gasteiger partial charge in [-0.05, 0) is 18.8 Å². The summed E-state index contributed by atoms with van der Waals surface area (Å²) in [6.07, 6.45) is -0.554. The number of carbonyl (C=O) groups excluding carboxylic acids is 1. The van der Waals surface area contributed by atoms with Crippen molar-refractivity contribution in [1.82, 2.24) is 4.90 Å². The van der Waals surface area contributed by atoms with Crippen molar-refractivity contribution in [2.75, 3.05) is 26.2 Å². The summed E-state index contributed by atoms with van der Waals surface area (Å²) in [7, 11) is 0. The van der Waals surface area contributed by atoms with Crippen LogP contribution in [0.2, 0.25) is 0 Å². The maximum atomic E-state index is 11.3. The molecule has 0 aliphatic rings. The molecule has 1 atom stereocenters. The Morgan fingerprint density at radius 3 is 2.00 bits per heavy atom. The van der Waals surface area contributed by atoms with Crippen LogP contribution in [0.3, 0.4) is 0 Å². The van der Waals surface area contributed by atoms with Crippen LogP contribution in [0.4, 0.5) is 0 Å². The third-order valence-corrected chi connectivity index (χ3v) is 2.42. The van der Waals surface area contributed by atoms with E-state index in [-0.39, 0.29) is 12.4 Å². The molecule has 0 amide bonds. The summed E-state index contributed by atoms with van der Waals surface area (Å²) in [5, 5.41) is 9.90. The van der Waals surface area contributed by atoms with E-state index in [2.05, 4.69) is 32.6 Å². The highest BCUT2D eigenvalue weighted by Gasteiger charge is 2.17. The van der Waals surface area contributed by atoms with Gasteiger partial charge in [0.25, 0.3) is 0 Å². The molecule has 4 heteroatoms. The number of hydrogen-bond acceptors (Lipinski definition) is 4. The predicted octanol–water partition coefficient (Wildman–Crippen LogP) is 1.91. The van der Waals surface area contributed by atoms with E-state index in [1.807, 2.05) is 0 Å². The van der Waals surface area contributed by atoms with Crippen LogP contribution >= 0.6 is 0 Å². The van der Waals surface area contributed by atoms with Gasteiger partial charge in [0.05, 0.1) is 19.1 Å². The minimum Gasteiger partial charge on any atom is -0.466 e. The van der Waals surface area contributed by atoms with Crippen molar-refractivity contribution in [3.8, 4) is 0 Å². The number of aliphatic hydroxyl groups excluding tert-OH is 1. The number of nitrogens with zero attached hydrogens (tertiary/aromatic N) is 1. The van der Waals surface area contributed by atoms with E-state index >= 15 is 0 Å². The average Bonchev–Trinajstić information content (AvgIpc) is 2.14. The average molecular weight is 259 g/mol. The first-order chi connectivity index (χ1) is 8.35. The monoisotopic (exact) mass is 259 g/mol. The van der Waals surface area contributed by atoms with Gasteiger partial charge in [-0.3, -0.25) is 4.79 Å². The second kappa shape index (κ2) is 9.34. The van der Waals surface area contributed by atoms with Crippen LogP contribution in [0.5, 0.6) is 0 Å². The predicted molar refractivity (Wildman–Crippen MR) is 73.4 cm³/mol. The highest BCUT2D eigenvalue weighted by molar-refractivity contribution is 5.69. The topological polar surface area (TPSA) is 49.8 Å². The zero-order valence-electron chi connectivity index (χ0n) is 12.5. The highest BCUT2D eigenvalue weighted by Crippen LogP contribution is 2.06. The summed E-state index contributed by atoms with van der Waals surface area (Å²) in [5.41, 5.74) is 0. The zero-order valence-corrected chi connectivity index (χ0v) is 12.5. The van der Waals surface area contributed by atoms with Gasteiger partial charge in [-0.2, -0.15) is 0 Å². The molecule has 0 rings (SSSR count). The summed E-state index contributed by atoms with van der Waals surface area (Å²) in [4.78, 5) is 13.5. The largest absolute Gasteiger partial charge is 0.466 e. The van der Waals surface area contributed by atoms with Crippen molar-refractivity contribution in [3.05, 3.63) is 0 Å². The lowest BCUT2D eigenvalue weighted by molar-refractivity contribution is -0.145. The van der Waals surface area contributed by atoms with E-state index in [4.69, 9.17) is 4.74 Å². The number of rotatable bonds is 9. The summed E-state index contributed by atoms with van der Waals surface area (Å²) in [6, 6.07) is 0. The fraction of sp³-hybridized carbons (Fsp3) is 0.929. The normalized spacial score (nSPS) is 13.4. The van der Waals surface area contributed by atoms with Gasteiger partial charge in [-0.15, -0.1) is 0 Å². The first-order valence-electron chi connectivity index (χ1n) is 6.91. The third-order valence-electron chi connectivity index (χ3n) is 2.42. The second-order valence-corrected chi connectivity index (χ2v) is 5.67. The van der Waals surface area contributed by atoms with Gasteiger partial charge in [-0.1, -0.05) is 27.7 Å². The fourth-order valence-corrected chi connectivity index (χ4v) is 2.03. The van der Waals surface area contributed by atoms with Crippen molar-refractivity contribution in [2.45, 2.75) is 47.1 Å². The van der Waals surface area contributed by atoms with E-state index in [0.717, 1.165) is 13.1 Å². The molecule has 4 nitrogen and oxygen atoms in total. The Morgan fingerprint density at radius 2 is 1.61 bits per heavy atom. The summed E-state index contributed by atoms with van der Waals surface area (Å²) < 4.78 is 4.84. The highest BCUT2D eigenvalue weighted by atomic mass is 16.5. The maximum absolute atomic E-state index is 11.3. The van der Waals surface area contributed by atoms with E-state index in [1.165, 1.54) is 0 Å². The molecule has 0 aromatic rings. The van der Waals surface area contributed by atoms with Crippen molar-refractivity contribution in [2.24, 2.45) is 11.8 Å². The fourth-order valence-electron chi connectivity index (χ4n) is 2.03. The Balaban J connectivity index is 4.16. The molecule has 0 fully saturated rings. The maximum Gasteiger partial charge on any atom is 0.308 e. The van der Waals surface area contributed by atoms with Gasteiger partial charge in [0.15, 0.2) is 0 Å². The third kappa shape index (κ3) is 9.42. The second-order valence-electron chi connectivity index (χ2n) is 5.67. The van der Waals surface area contributed by atoms with Crippen molar-refractivity contribution in [3.63, 3.8) is 0 Å². The number of ether oxygens (including phenoxy) is 1. The van der Waals surface area contributed by atoms with Gasteiger partial charge in [0, 0.05) is 19.6 Å². The molecule has 18 heavy (non-hydrogen) atoms. The molecular weight excluding hydrogens is 230 g/mol. The minimum absolute atomic E-state index is 0.0839. The quantitative estimate of drug-likeness (QED) is 0.643. The van der Waals surface area contributed by atoms with Crippen LogP contribution in [-0.2, 0) is 9.53 Å². The molecule has 0 aromatic heterocycles. The Bertz CT molecular complexity index is 219.